The van der Waals surface area contributed by atoms with E-state index < -0.39 is 0 Å². The number of aliphatic hydroxyl groups excluding tert-OH is 1. The van der Waals surface area contributed by atoms with Gasteiger partial charge in [-0.3, -0.25) is 4.79 Å². The van der Waals surface area contributed by atoms with Crippen molar-refractivity contribution in [3.8, 4) is 0 Å². The molecule has 0 saturated carbocycles. The standard InChI is InChI=1S/C8H13NO2/c1-2-3-9-5-7(6-10)4-8(9)11/h2,7,10H,1,3-6H2. The Hall–Kier alpha value is -0.830. The van der Waals surface area contributed by atoms with E-state index in [2.05, 4.69) is 6.58 Å². The quantitative estimate of drug-likeness (QED) is 0.583. The van der Waals surface area contributed by atoms with E-state index in [1.807, 2.05) is 0 Å². The van der Waals surface area contributed by atoms with Crippen LogP contribution in [0.25, 0.3) is 0 Å². The number of nitrogens with zero attached hydrogens (tertiary/aromatic N) is 1. The minimum atomic E-state index is 0.110. The van der Waals surface area contributed by atoms with Gasteiger partial charge in [-0.25, -0.2) is 0 Å². The second kappa shape index (κ2) is 3.53. The highest BCUT2D eigenvalue weighted by atomic mass is 16.3. The molecule has 11 heavy (non-hydrogen) atoms. The molecule has 1 aliphatic heterocycles. The molecule has 0 aliphatic carbocycles. The molecule has 1 aliphatic rings. The van der Waals surface area contributed by atoms with E-state index in [4.69, 9.17) is 5.11 Å². The third kappa shape index (κ3) is 1.80. The molecule has 0 bridgehead atoms. The molecule has 1 fully saturated rings. The molecule has 3 nitrogen and oxygen atoms in total. The van der Waals surface area contributed by atoms with E-state index in [1.54, 1.807) is 11.0 Å². The van der Waals surface area contributed by atoms with Crippen LogP contribution in [0.2, 0.25) is 0 Å². The first-order chi connectivity index (χ1) is 5.27. The average Bonchev–Trinajstić information content (AvgIpc) is 2.33. The zero-order valence-corrected chi connectivity index (χ0v) is 6.49. The molecule has 0 radical (unpaired) electrons. The summed E-state index contributed by atoms with van der Waals surface area (Å²) in [6.07, 6.45) is 2.20. The Bertz CT molecular complexity index is 167. The Morgan fingerprint density at radius 1 is 1.82 bits per heavy atom. The third-order valence-electron chi connectivity index (χ3n) is 1.90. The van der Waals surface area contributed by atoms with E-state index in [1.165, 1.54) is 0 Å². The normalized spacial score (nSPS) is 24.3. The number of rotatable bonds is 3. The van der Waals surface area contributed by atoms with E-state index in [0.29, 0.717) is 19.5 Å². The van der Waals surface area contributed by atoms with Crippen LogP contribution in [0.15, 0.2) is 12.7 Å². The molecule has 3 heteroatoms. The van der Waals surface area contributed by atoms with Gasteiger partial charge in [0.15, 0.2) is 0 Å². The first kappa shape index (κ1) is 8.27. The molecule has 1 amide bonds. The second-order valence-corrected chi connectivity index (χ2v) is 2.84. The molecule has 0 aromatic heterocycles. The summed E-state index contributed by atoms with van der Waals surface area (Å²) < 4.78 is 0. The van der Waals surface area contributed by atoms with Gasteiger partial charge in [-0.2, -0.15) is 0 Å². The van der Waals surface area contributed by atoms with Crippen molar-refractivity contribution in [3.63, 3.8) is 0 Å². The Kier molecular flexibility index (Phi) is 2.65. The molecular weight excluding hydrogens is 142 g/mol. The van der Waals surface area contributed by atoms with Gasteiger partial charge in [-0.1, -0.05) is 6.08 Å². The van der Waals surface area contributed by atoms with E-state index in [0.717, 1.165) is 0 Å². The fourth-order valence-electron chi connectivity index (χ4n) is 1.31. The first-order valence-electron chi connectivity index (χ1n) is 3.77. The summed E-state index contributed by atoms with van der Waals surface area (Å²) in [7, 11) is 0. The number of aliphatic hydroxyl groups is 1. The molecule has 1 rings (SSSR count). The van der Waals surface area contributed by atoms with Crippen molar-refractivity contribution in [2.24, 2.45) is 5.92 Å². The van der Waals surface area contributed by atoms with Crippen LogP contribution >= 0.6 is 0 Å². The minimum absolute atomic E-state index is 0.110. The number of amides is 1. The summed E-state index contributed by atoms with van der Waals surface area (Å²) in [5.41, 5.74) is 0. The lowest BCUT2D eigenvalue weighted by Crippen LogP contribution is -2.25. The van der Waals surface area contributed by atoms with Gasteiger partial charge in [0.05, 0.1) is 0 Å². The van der Waals surface area contributed by atoms with Crippen LogP contribution in [-0.4, -0.2) is 35.6 Å². The monoisotopic (exact) mass is 155 g/mol. The summed E-state index contributed by atoms with van der Waals surface area (Å²) in [6, 6.07) is 0. The third-order valence-corrected chi connectivity index (χ3v) is 1.90. The maximum absolute atomic E-state index is 11.1. The Balaban J connectivity index is 2.44. The van der Waals surface area contributed by atoms with Gasteiger partial charge in [0, 0.05) is 32.0 Å². The zero-order valence-electron chi connectivity index (χ0n) is 6.49. The van der Waals surface area contributed by atoms with Crippen LogP contribution in [0.1, 0.15) is 6.42 Å². The Morgan fingerprint density at radius 3 is 3.00 bits per heavy atom. The molecule has 1 saturated heterocycles. The molecule has 1 unspecified atom stereocenters. The van der Waals surface area contributed by atoms with Crippen LogP contribution in [-0.2, 0) is 4.79 Å². The highest BCUT2D eigenvalue weighted by Gasteiger charge is 2.27. The number of carbonyl (C=O) groups is 1. The SMILES string of the molecule is C=CCN1CC(CO)CC1=O. The molecule has 0 spiro atoms. The lowest BCUT2D eigenvalue weighted by molar-refractivity contribution is -0.127. The van der Waals surface area contributed by atoms with Gasteiger partial charge in [-0.05, 0) is 0 Å². The molecule has 0 aromatic rings. The summed E-state index contributed by atoms with van der Waals surface area (Å²) in [5.74, 6) is 0.270. The van der Waals surface area contributed by atoms with Gasteiger partial charge in [0.1, 0.15) is 0 Å². The van der Waals surface area contributed by atoms with Crippen molar-refractivity contribution in [1.29, 1.82) is 0 Å². The number of carbonyl (C=O) groups excluding carboxylic acids is 1. The lowest BCUT2D eigenvalue weighted by Gasteiger charge is -2.12. The average molecular weight is 155 g/mol. The summed E-state index contributed by atoms with van der Waals surface area (Å²) in [5, 5.41) is 8.77. The van der Waals surface area contributed by atoms with Gasteiger partial charge in [-0.15, -0.1) is 6.58 Å². The largest absolute Gasteiger partial charge is 0.396 e. The first-order valence-corrected chi connectivity index (χ1v) is 3.77. The Morgan fingerprint density at radius 2 is 2.55 bits per heavy atom. The van der Waals surface area contributed by atoms with Crippen LogP contribution in [0.4, 0.5) is 0 Å². The van der Waals surface area contributed by atoms with Crippen molar-refractivity contribution < 1.29 is 9.90 Å². The van der Waals surface area contributed by atoms with Crippen LogP contribution in [0.5, 0.6) is 0 Å². The highest BCUT2D eigenvalue weighted by molar-refractivity contribution is 5.78. The molecule has 0 aromatic carbocycles. The van der Waals surface area contributed by atoms with Gasteiger partial charge in [0.25, 0.3) is 0 Å². The number of likely N-dealkylation sites (tertiary alicyclic amines) is 1. The maximum Gasteiger partial charge on any atom is 0.223 e. The summed E-state index contributed by atoms with van der Waals surface area (Å²) in [4.78, 5) is 12.8. The topological polar surface area (TPSA) is 40.5 Å². The second-order valence-electron chi connectivity index (χ2n) is 2.84. The van der Waals surface area contributed by atoms with Crippen LogP contribution < -0.4 is 0 Å². The maximum atomic E-state index is 11.1. The Labute approximate surface area is 66.3 Å². The fraction of sp³-hybridized carbons (Fsp3) is 0.625. The van der Waals surface area contributed by atoms with Gasteiger partial charge in [0.2, 0.25) is 5.91 Å². The molecule has 1 atom stereocenters. The van der Waals surface area contributed by atoms with E-state index in [-0.39, 0.29) is 18.4 Å². The van der Waals surface area contributed by atoms with Crippen molar-refractivity contribution in [3.05, 3.63) is 12.7 Å². The number of hydrogen-bond acceptors (Lipinski definition) is 2. The smallest absolute Gasteiger partial charge is 0.223 e. The zero-order chi connectivity index (χ0) is 8.27. The minimum Gasteiger partial charge on any atom is -0.396 e. The van der Waals surface area contributed by atoms with Crippen LogP contribution in [0.3, 0.4) is 0 Å². The van der Waals surface area contributed by atoms with E-state index in [9.17, 15) is 4.79 Å². The predicted molar refractivity (Wildman–Crippen MR) is 42.0 cm³/mol. The number of hydrogen-bond donors (Lipinski definition) is 1. The van der Waals surface area contributed by atoms with Crippen molar-refractivity contribution in [2.75, 3.05) is 19.7 Å². The van der Waals surface area contributed by atoms with Crippen molar-refractivity contribution in [1.82, 2.24) is 4.90 Å². The molecule has 1 N–H and O–H groups in total. The fourth-order valence-corrected chi connectivity index (χ4v) is 1.31. The van der Waals surface area contributed by atoms with Gasteiger partial charge >= 0.3 is 0 Å². The highest BCUT2D eigenvalue weighted by Crippen LogP contribution is 2.16. The molecule has 62 valence electrons. The van der Waals surface area contributed by atoms with Crippen LogP contribution in [0, 0.1) is 5.92 Å². The van der Waals surface area contributed by atoms with E-state index >= 15 is 0 Å². The van der Waals surface area contributed by atoms with Gasteiger partial charge < -0.3 is 10.0 Å². The summed E-state index contributed by atoms with van der Waals surface area (Å²) >= 11 is 0. The molecule has 1 heterocycles. The molecular formula is C8H13NO2. The van der Waals surface area contributed by atoms with Crippen molar-refractivity contribution in [2.45, 2.75) is 6.42 Å². The lowest BCUT2D eigenvalue weighted by atomic mass is 10.1. The predicted octanol–water partition coefficient (Wildman–Crippen LogP) is 0.0132. The summed E-state index contributed by atoms with van der Waals surface area (Å²) in [6.45, 7) is 4.95. The van der Waals surface area contributed by atoms with Crippen molar-refractivity contribution >= 4 is 5.91 Å².